The minimum atomic E-state index is -0.413. The van der Waals surface area contributed by atoms with Crippen molar-refractivity contribution in [3.05, 3.63) is 69.4 Å². The van der Waals surface area contributed by atoms with E-state index in [9.17, 15) is 9.59 Å². The lowest BCUT2D eigenvalue weighted by Gasteiger charge is -2.08. The first-order chi connectivity index (χ1) is 14.5. The highest BCUT2D eigenvalue weighted by molar-refractivity contribution is 7.99. The molecule has 1 aromatic carbocycles. The average Bonchev–Trinajstić information content (AvgIpc) is 3.36. The van der Waals surface area contributed by atoms with Crippen LogP contribution in [0.1, 0.15) is 5.56 Å². The van der Waals surface area contributed by atoms with Gasteiger partial charge in [0.15, 0.2) is 22.0 Å². The lowest BCUT2D eigenvalue weighted by molar-refractivity contribution is 0.655. The number of hydrogen-bond donors (Lipinski definition) is 1. The summed E-state index contributed by atoms with van der Waals surface area (Å²) in [6.07, 6.45) is 2.97. The Morgan fingerprint density at radius 1 is 1.03 bits per heavy atom. The number of imidazole rings is 2. The summed E-state index contributed by atoms with van der Waals surface area (Å²) in [6, 6.07) is 9.40. The van der Waals surface area contributed by atoms with Crippen LogP contribution in [0.3, 0.4) is 0 Å². The van der Waals surface area contributed by atoms with Crippen LogP contribution >= 0.6 is 11.8 Å². The summed E-state index contributed by atoms with van der Waals surface area (Å²) < 4.78 is 4.31. The van der Waals surface area contributed by atoms with Gasteiger partial charge in [-0.2, -0.15) is 0 Å². The van der Waals surface area contributed by atoms with Gasteiger partial charge in [0.25, 0.3) is 5.56 Å². The molecule has 0 radical (unpaired) electrons. The standard InChI is InChI=1S/C19H16N8O2S/c1-25-13-15(24-18(25)30-16-12-14(21-9-20-12)22-10-23-16)26(2)19(29)27(17(13)28)8-11-6-4-3-5-7-11/h3-7,9-10H,8H2,1-2H3,(H,20,21,22,23). The van der Waals surface area contributed by atoms with Gasteiger partial charge in [0.1, 0.15) is 16.9 Å². The second-order valence-corrected chi connectivity index (χ2v) is 7.68. The predicted molar refractivity (Wildman–Crippen MR) is 112 cm³/mol. The highest BCUT2D eigenvalue weighted by Crippen LogP contribution is 2.29. The number of benzene rings is 1. The molecule has 0 saturated heterocycles. The molecule has 0 aliphatic rings. The molecule has 0 saturated carbocycles. The molecule has 0 amide bonds. The van der Waals surface area contributed by atoms with Crippen LogP contribution in [-0.2, 0) is 20.6 Å². The summed E-state index contributed by atoms with van der Waals surface area (Å²) in [5.41, 5.74) is 1.99. The molecule has 0 aliphatic carbocycles. The third kappa shape index (κ3) is 2.82. The van der Waals surface area contributed by atoms with E-state index in [0.717, 1.165) is 5.56 Å². The van der Waals surface area contributed by atoms with Crippen molar-refractivity contribution in [1.29, 1.82) is 0 Å². The quantitative estimate of drug-likeness (QED) is 0.436. The van der Waals surface area contributed by atoms with Gasteiger partial charge in [-0.3, -0.25) is 13.9 Å². The second-order valence-electron chi connectivity index (χ2n) is 6.73. The molecular weight excluding hydrogens is 404 g/mol. The van der Waals surface area contributed by atoms with Crippen LogP contribution in [0.25, 0.3) is 22.3 Å². The van der Waals surface area contributed by atoms with Crippen LogP contribution in [0.5, 0.6) is 0 Å². The average molecular weight is 420 g/mol. The zero-order valence-corrected chi connectivity index (χ0v) is 16.9. The van der Waals surface area contributed by atoms with Gasteiger partial charge in [-0.15, -0.1) is 0 Å². The molecule has 150 valence electrons. The van der Waals surface area contributed by atoms with Gasteiger partial charge in [0.2, 0.25) is 0 Å². The topological polar surface area (TPSA) is 116 Å². The lowest BCUT2D eigenvalue weighted by atomic mass is 10.2. The van der Waals surface area contributed by atoms with Crippen LogP contribution < -0.4 is 11.2 Å². The highest BCUT2D eigenvalue weighted by Gasteiger charge is 2.20. The Morgan fingerprint density at radius 3 is 2.63 bits per heavy atom. The largest absolute Gasteiger partial charge is 0.341 e. The van der Waals surface area contributed by atoms with Crippen LogP contribution in [-0.4, -0.2) is 38.6 Å². The Balaban J connectivity index is 1.66. The molecule has 0 bridgehead atoms. The molecule has 30 heavy (non-hydrogen) atoms. The first-order valence-corrected chi connectivity index (χ1v) is 9.88. The van der Waals surface area contributed by atoms with Crippen molar-refractivity contribution in [3.8, 4) is 0 Å². The predicted octanol–water partition coefficient (Wildman–Crippen LogP) is 1.30. The van der Waals surface area contributed by atoms with Crippen molar-refractivity contribution in [2.75, 3.05) is 0 Å². The Labute approximate surface area is 173 Å². The maximum atomic E-state index is 13.2. The van der Waals surface area contributed by atoms with E-state index in [2.05, 4.69) is 24.9 Å². The van der Waals surface area contributed by atoms with Gasteiger partial charge in [0, 0.05) is 14.1 Å². The van der Waals surface area contributed by atoms with Gasteiger partial charge in [-0.25, -0.2) is 24.7 Å². The first-order valence-electron chi connectivity index (χ1n) is 9.06. The molecule has 5 rings (SSSR count). The summed E-state index contributed by atoms with van der Waals surface area (Å²) in [4.78, 5) is 46.2. The third-order valence-electron chi connectivity index (χ3n) is 4.88. The summed E-state index contributed by atoms with van der Waals surface area (Å²) in [5, 5.41) is 1.16. The molecule has 4 heterocycles. The number of nitrogens with one attached hydrogen (secondary N) is 1. The summed E-state index contributed by atoms with van der Waals surface area (Å²) in [7, 11) is 3.37. The number of fused-ring (bicyclic) bond motifs is 2. The summed E-state index contributed by atoms with van der Waals surface area (Å²) in [6.45, 7) is 0.191. The molecule has 10 nitrogen and oxygen atoms in total. The zero-order chi connectivity index (χ0) is 20.8. The first kappa shape index (κ1) is 18.3. The van der Waals surface area contributed by atoms with Gasteiger partial charge < -0.3 is 9.55 Å². The minimum absolute atomic E-state index is 0.191. The lowest BCUT2D eigenvalue weighted by Crippen LogP contribution is -2.39. The normalized spacial score (nSPS) is 11.5. The highest BCUT2D eigenvalue weighted by atomic mass is 32.2. The molecule has 5 aromatic rings. The fraction of sp³-hybridized carbons (Fsp3) is 0.158. The molecule has 1 N–H and O–H groups in total. The molecular formula is C19H16N8O2S. The molecule has 0 spiro atoms. The number of aryl methyl sites for hydroxylation is 2. The number of H-pyrrole nitrogens is 1. The Hall–Kier alpha value is -3.73. The van der Waals surface area contributed by atoms with Crippen LogP contribution in [0, 0.1) is 0 Å². The van der Waals surface area contributed by atoms with Crippen molar-refractivity contribution in [2.24, 2.45) is 14.1 Å². The van der Waals surface area contributed by atoms with Crippen molar-refractivity contribution in [3.63, 3.8) is 0 Å². The van der Waals surface area contributed by atoms with Crippen molar-refractivity contribution >= 4 is 34.1 Å². The van der Waals surface area contributed by atoms with Gasteiger partial charge in [-0.05, 0) is 17.3 Å². The summed E-state index contributed by atoms with van der Waals surface area (Å²) in [5.74, 6) is 0. The molecule has 0 unspecified atom stereocenters. The van der Waals surface area contributed by atoms with E-state index in [4.69, 9.17) is 0 Å². The van der Waals surface area contributed by atoms with Crippen molar-refractivity contribution < 1.29 is 0 Å². The Kier molecular flexibility index (Phi) is 4.24. The number of aromatic amines is 1. The van der Waals surface area contributed by atoms with E-state index in [1.807, 2.05) is 30.3 Å². The zero-order valence-electron chi connectivity index (χ0n) is 16.1. The third-order valence-corrected chi connectivity index (χ3v) is 5.93. The fourth-order valence-electron chi connectivity index (χ4n) is 3.33. The number of nitrogens with zero attached hydrogens (tertiary/aromatic N) is 7. The number of rotatable bonds is 4. The molecule has 0 aliphatic heterocycles. The van der Waals surface area contributed by atoms with E-state index >= 15 is 0 Å². The fourth-order valence-corrected chi connectivity index (χ4v) is 4.21. The number of hydrogen-bond acceptors (Lipinski definition) is 7. The maximum Gasteiger partial charge on any atom is 0.332 e. The Bertz CT molecular complexity index is 1510. The van der Waals surface area contributed by atoms with E-state index in [-0.39, 0.29) is 12.1 Å². The molecule has 0 fully saturated rings. The van der Waals surface area contributed by atoms with Crippen molar-refractivity contribution in [2.45, 2.75) is 16.7 Å². The SMILES string of the molecule is Cn1c(Sc2ncnc3nc[nH]c23)nc2c1c(=O)n(Cc1ccccc1)c(=O)n2C. The summed E-state index contributed by atoms with van der Waals surface area (Å²) >= 11 is 1.27. The maximum absolute atomic E-state index is 13.2. The van der Waals surface area contributed by atoms with E-state index in [1.165, 1.54) is 27.2 Å². The van der Waals surface area contributed by atoms with Crippen molar-refractivity contribution in [1.82, 2.24) is 38.6 Å². The van der Waals surface area contributed by atoms with Gasteiger partial charge in [0.05, 0.1) is 12.9 Å². The van der Waals surface area contributed by atoms with E-state index in [0.29, 0.717) is 32.5 Å². The Morgan fingerprint density at radius 2 is 1.83 bits per heavy atom. The van der Waals surface area contributed by atoms with Gasteiger partial charge in [-0.1, -0.05) is 30.3 Å². The molecule has 11 heteroatoms. The van der Waals surface area contributed by atoms with E-state index in [1.54, 1.807) is 25.0 Å². The molecule has 4 aromatic heterocycles. The van der Waals surface area contributed by atoms with Gasteiger partial charge >= 0.3 is 5.69 Å². The smallest absolute Gasteiger partial charge is 0.332 e. The molecule has 0 atom stereocenters. The number of aromatic nitrogens is 8. The second kappa shape index (κ2) is 6.95. The van der Waals surface area contributed by atoms with Crippen LogP contribution in [0.4, 0.5) is 0 Å². The minimum Gasteiger partial charge on any atom is -0.341 e. The van der Waals surface area contributed by atoms with E-state index < -0.39 is 5.69 Å². The van der Waals surface area contributed by atoms with Crippen LogP contribution in [0.2, 0.25) is 0 Å². The monoisotopic (exact) mass is 420 g/mol. The van der Waals surface area contributed by atoms with Crippen LogP contribution in [0.15, 0.2) is 62.8 Å².